The van der Waals surface area contributed by atoms with Crippen LogP contribution in [0.15, 0.2) is 18.2 Å². The Morgan fingerprint density at radius 1 is 1.35 bits per heavy atom. The Morgan fingerprint density at radius 3 is 2.53 bits per heavy atom. The summed E-state index contributed by atoms with van der Waals surface area (Å²) in [5.41, 5.74) is 8.01. The number of rotatable bonds is 4. The van der Waals surface area contributed by atoms with Crippen LogP contribution >= 0.6 is 0 Å². The summed E-state index contributed by atoms with van der Waals surface area (Å²) >= 11 is 0. The van der Waals surface area contributed by atoms with E-state index in [1.807, 2.05) is 26.0 Å². The van der Waals surface area contributed by atoms with Gasteiger partial charge >= 0.3 is 0 Å². The first-order valence-electron chi connectivity index (χ1n) is 6.12. The number of aryl methyl sites for hydroxylation is 1. The molecule has 2 unspecified atom stereocenters. The zero-order valence-electron chi connectivity index (χ0n) is 11.1. The minimum atomic E-state index is -0.0480. The quantitative estimate of drug-likeness (QED) is 0.787. The topological polar surface area (TPSA) is 55.1 Å². The summed E-state index contributed by atoms with van der Waals surface area (Å²) in [7, 11) is 0. The first-order valence-corrected chi connectivity index (χ1v) is 6.12. The van der Waals surface area contributed by atoms with Crippen molar-refractivity contribution in [1.29, 1.82) is 0 Å². The lowest BCUT2D eigenvalue weighted by Gasteiger charge is -2.20. The number of anilines is 1. The average molecular weight is 234 g/mol. The smallest absolute Gasteiger partial charge is 0.251 e. The van der Waals surface area contributed by atoms with E-state index in [0.29, 0.717) is 17.2 Å². The number of nitrogens with two attached hydrogens (primary N) is 1. The summed E-state index contributed by atoms with van der Waals surface area (Å²) < 4.78 is 0. The van der Waals surface area contributed by atoms with E-state index in [-0.39, 0.29) is 11.9 Å². The average Bonchev–Trinajstić information content (AvgIpc) is 2.26. The van der Waals surface area contributed by atoms with Gasteiger partial charge in [0, 0.05) is 17.3 Å². The van der Waals surface area contributed by atoms with E-state index in [1.165, 1.54) is 0 Å². The van der Waals surface area contributed by atoms with Gasteiger partial charge < -0.3 is 11.1 Å². The van der Waals surface area contributed by atoms with Crippen LogP contribution in [0, 0.1) is 12.8 Å². The van der Waals surface area contributed by atoms with Crippen molar-refractivity contribution in [3.05, 3.63) is 29.3 Å². The van der Waals surface area contributed by atoms with Crippen LogP contribution in [0.3, 0.4) is 0 Å². The zero-order chi connectivity index (χ0) is 13.0. The first-order chi connectivity index (χ1) is 7.93. The van der Waals surface area contributed by atoms with E-state index in [0.717, 1.165) is 12.0 Å². The number of carbonyl (C=O) groups excluding carboxylic acids is 1. The molecule has 1 aromatic rings. The molecular weight excluding hydrogens is 212 g/mol. The fraction of sp³-hybridized carbons (Fsp3) is 0.500. The Bertz CT molecular complexity index is 381. The molecule has 1 aromatic carbocycles. The summed E-state index contributed by atoms with van der Waals surface area (Å²) in [6.45, 7) is 8.23. The van der Waals surface area contributed by atoms with Crippen molar-refractivity contribution in [1.82, 2.24) is 5.32 Å². The van der Waals surface area contributed by atoms with Crippen molar-refractivity contribution in [2.75, 3.05) is 5.73 Å². The molecule has 3 nitrogen and oxygen atoms in total. The normalized spacial score (nSPS) is 14.1. The highest BCUT2D eigenvalue weighted by Gasteiger charge is 2.14. The highest BCUT2D eigenvalue weighted by molar-refractivity contribution is 5.95. The molecule has 17 heavy (non-hydrogen) atoms. The van der Waals surface area contributed by atoms with Crippen LogP contribution in [-0.4, -0.2) is 11.9 Å². The van der Waals surface area contributed by atoms with Crippen LogP contribution < -0.4 is 11.1 Å². The third-order valence-electron chi connectivity index (χ3n) is 3.22. The molecule has 1 amide bonds. The summed E-state index contributed by atoms with van der Waals surface area (Å²) in [5, 5.41) is 3.01. The maximum absolute atomic E-state index is 12.0. The van der Waals surface area contributed by atoms with Gasteiger partial charge in [-0.05, 0) is 43.5 Å². The first kappa shape index (κ1) is 13.6. The van der Waals surface area contributed by atoms with Crippen molar-refractivity contribution in [3.8, 4) is 0 Å². The Balaban J connectivity index is 2.76. The maximum atomic E-state index is 12.0. The van der Waals surface area contributed by atoms with Crippen LogP contribution in [0.25, 0.3) is 0 Å². The number of benzene rings is 1. The lowest BCUT2D eigenvalue weighted by atomic mass is 10.0. The molecule has 1 rings (SSSR count). The van der Waals surface area contributed by atoms with Crippen molar-refractivity contribution in [2.45, 2.75) is 40.2 Å². The largest absolute Gasteiger partial charge is 0.399 e. The molecule has 0 aliphatic rings. The second-order valence-corrected chi connectivity index (χ2v) is 4.78. The lowest BCUT2D eigenvalue weighted by Crippen LogP contribution is -2.36. The van der Waals surface area contributed by atoms with Crippen molar-refractivity contribution < 1.29 is 4.79 Å². The molecule has 0 fully saturated rings. The molecule has 3 N–H and O–H groups in total. The number of carbonyl (C=O) groups is 1. The Morgan fingerprint density at radius 2 is 2.00 bits per heavy atom. The molecule has 0 bridgehead atoms. The highest BCUT2D eigenvalue weighted by atomic mass is 16.1. The van der Waals surface area contributed by atoms with Gasteiger partial charge in [-0.3, -0.25) is 4.79 Å². The molecule has 2 atom stereocenters. The van der Waals surface area contributed by atoms with Gasteiger partial charge in [-0.1, -0.05) is 20.3 Å². The van der Waals surface area contributed by atoms with Gasteiger partial charge in [0.1, 0.15) is 0 Å². The van der Waals surface area contributed by atoms with E-state index in [2.05, 4.69) is 19.2 Å². The molecular formula is C14H22N2O. The SMILES string of the molecule is CCC(C)C(C)NC(=O)c1cc(C)cc(N)c1. The van der Waals surface area contributed by atoms with Gasteiger partial charge in [-0.25, -0.2) is 0 Å². The molecule has 0 heterocycles. The van der Waals surface area contributed by atoms with Gasteiger partial charge in [0.15, 0.2) is 0 Å². The van der Waals surface area contributed by atoms with Crippen LogP contribution in [-0.2, 0) is 0 Å². The van der Waals surface area contributed by atoms with E-state index in [9.17, 15) is 4.79 Å². The molecule has 0 aliphatic carbocycles. The van der Waals surface area contributed by atoms with Crippen LogP contribution in [0.1, 0.15) is 43.1 Å². The number of nitrogen functional groups attached to an aromatic ring is 1. The standard InChI is InChI=1S/C14H22N2O/c1-5-10(3)11(4)16-14(17)12-6-9(2)7-13(15)8-12/h6-8,10-11H,5,15H2,1-4H3,(H,16,17). The van der Waals surface area contributed by atoms with Gasteiger partial charge in [0.2, 0.25) is 0 Å². The fourth-order valence-electron chi connectivity index (χ4n) is 1.73. The van der Waals surface area contributed by atoms with Gasteiger partial charge in [-0.2, -0.15) is 0 Å². The summed E-state index contributed by atoms with van der Waals surface area (Å²) in [6.07, 6.45) is 1.05. The van der Waals surface area contributed by atoms with Crippen LogP contribution in [0.2, 0.25) is 0 Å². The molecule has 3 heteroatoms. The molecule has 0 aliphatic heterocycles. The van der Waals surface area contributed by atoms with E-state index in [1.54, 1.807) is 6.07 Å². The van der Waals surface area contributed by atoms with Gasteiger partial charge in [0.25, 0.3) is 5.91 Å². The second-order valence-electron chi connectivity index (χ2n) is 4.78. The number of hydrogen-bond acceptors (Lipinski definition) is 2. The number of amides is 1. The summed E-state index contributed by atoms with van der Waals surface area (Å²) in [5.74, 6) is 0.425. The van der Waals surface area contributed by atoms with Crippen molar-refractivity contribution in [2.24, 2.45) is 5.92 Å². The predicted octanol–water partition coefficient (Wildman–Crippen LogP) is 2.74. The monoisotopic (exact) mass is 234 g/mol. The Labute approximate surface area is 103 Å². The lowest BCUT2D eigenvalue weighted by molar-refractivity contribution is 0.0928. The highest BCUT2D eigenvalue weighted by Crippen LogP contribution is 2.13. The third kappa shape index (κ3) is 3.77. The molecule has 0 spiro atoms. The molecule has 94 valence electrons. The number of hydrogen-bond donors (Lipinski definition) is 2. The van der Waals surface area contributed by atoms with E-state index < -0.39 is 0 Å². The number of nitrogens with one attached hydrogen (secondary N) is 1. The molecule has 0 saturated carbocycles. The fourth-order valence-corrected chi connectivity index (χ4v) is 1.73. The van der Waals surface area contributed by atoms with Gasteiger partial charge in [0.05, 0.1) is 0 Å². The van der Waals surface area contributed by atoms with E-state index in [4.69, 9.17) is 5.73 Å². The minimum Gasteiger partial charge on any atom is -0.399 e. The summed E-state index contributed by atoms with van der Waals surface area (Å²) in [6, 6.07) is 5.60. The molecule has 0 aromatic heterocycles. The Hall–Kier alpha value is -1.51. The Kier molecular flexibility index (Phi) is 4.55. The summed E-state index contributed by atoms with van der Waals surface area (Å²) in [4.78, 5) is 12.0. The third-order valence-corrected chi connectivity index (χ3v) is 3.22. The predicted molar refractivity (Wildman–Crippen MR) is 72.0 cm³/mol. The molecule has 0 saturated heterocycles. The van der Waals surface area contributed by atoms with Crippen molar-refractivity contribution >= 4 is 11.6 Å². The second kappa shape index (κ2) is 5.71. The maximum Gasteiger partial charge on any atom is 0.251 e. The van der Waals surface area contributed by atoms with Crippen molar-refractivity contribution in [3.63, 3.8) is 0 Å². The van der Waals surface area contributed by atoms with Crippen LogP contribution in [0.4, 0.5) is 5.69 Å². The van der Waals surface area contributed by atoms with E-state index >= 15 is 0 Å². The van der Waals surface area contributed by atoms with Gasteiger partial charge in [-0.15, -0.1) is 0 Å². The molecule has 0 radical (unpaired) electrons. The van der Waals surface area contributed by atoms with Crippen LogP contribution in [0.5, 0.6) is 0 Å². The zero-order valence-corrected chi connectivity index (χ0v) is 11.1. The minimum absolute atomic E-state index is 0.0480.